The molecule has 3 aliphatic heterocycles. The van der Waals surface area contributed by atoms with Crippen molar-refractivity contribution in [2.45, 2.75) is 63.8 Å². The monoisotopic (exact) mass is 505 g/mol. The normalized spacial score (nSPS) is 23.2. The number of likely N-dealkylation sites (tertiary alicyclic amines) is 2. The van der Waals surface area contributed by atoms with Crippen LogP contribution in [-0.2, 0) is 16.0 Å². The van der Waals surface area contributed by atoms with Crippen LogP contribution in [0.3, 0.4) is 0 Å². The van der Waals surface area contributed by atoms with Gasteiger partial charge in [0.1, 0.15) is 12.4 Å². The van der Waals surface area contributed by atoms with Crippen LogP contribution in [0, 0.1) is 5.41 Å². The van der Waals surface area contributed by atoms with E-state index in [4.69, 9.17) is 4.74 Å². The standard InChI is InChI=1S/C29H39N5O3/c35-27(34-17-6-4-9-25(34)24-21-30-14-15-31-24)22-33-18-12-29(13-19-33)11-5-3-8-23-7-1-2-10-26(23)37-20-16-32-28(29)36/h1-2,7,10,14-15,21,25H,3-6,8-9,11-13,16-20,22H2,(H,32,36). The number of hydrogen-bond donors (Lipinski definition) is 1. The topological polar surface area (TPSA) is 87.7 Å². The summed E-state index contributed by atoms with van der Waals surface area (Å²) in [6.45, 7) is 3.69. The molecule has 8 nitrogen and oxygen atoms in total. The maximum atomic E-state index is 13.4. The van der Waals surface area contributed by atoms with Gasteiger partial charge in [0.2, 0.25) is 11.8 Å². The maximum Gasteiger partial charge on any atom is 0.237 e. The van der Waals surface area contributed by atoms with Gasteiger partial charge in [-0.25, -0.2) is 0 Å². The number of amides is 2. The van der Waals surface area contributed by atoms with Gasteiger partial charge in [-0.3, -0.25) is 24.5 Å². The summed E-state index contributed by atoms with van der Waals surface area (Å²) < 4.78 is 5.97. The Kier molecular flexibility index (Phi) is 8.34. The van der Waals surface area contributed by atoms with Gasteiger partial charge in [0.15, 0.2) is 0 Å². The zero-order chi connectivity index (χ0) is 25.5. The Hall–Kier alpha value is -3.00. The summed E-state index contributed by atoms with van der Waals surface area (Å²) in [6.07, 6.45) is 13.7. The summed E-state index contributed by atoms with van der Waals surface area (Å²) in [7, 11) is 0. The van der Waals surface area contributed by atoms with Crippen LogP contribution in [0.5, 0.6) is 5.75 Å². The fraction of sp³-hybridized carbons (Fsp3) is 0.586. The smallest absolute Gasteiger partial charge is 0.237 e. The fourth-order valence-electron chi connectivity index (χ4n) is 6.18. The van der Waals surface area contributed by atoms with E-state index in [-0.39, 0.29) is 23.3 Å². The van der Waals surface area contributed by atoms with E-state index < -0.39 is 0 Å². The van der Waals surface area contributed by atoms with Crippen molar-refractivity contribution in [3.63, 3.8) is 0 Å². The number of carbonyl (C=O) groups is 2. The van der Waals surface area contributed by atoms with E-state index in [0.717, 1.165) is 88.9 Å². The first-order chi connectivity index (χ1) is 18.1. The van der Waals surface area contributed by atoms with Crippen molar-refractivity contribution in [1.29, 1.82) is 0 Å². The first-order valence-corrected chi connectivity index (χ1v) is 13.9. The van der Waals surface area contributed by atoms with Crippen LogP contribution in [0.1, 0.15) is 68.7 Å². The average molecular weight is 506 g/mol. The third-order valence-corrected chi connectivity index (χ3v) is 8.37. The lowest BCUT2D eigenvalue weighted by Crippen LogP contribution is -2.52. The summed E-state index contributed by atoms with van der Waals surface area (Å²) in [5.74, 6) is 1.24. The molecule has 37 heavy (non-hydrogen) atoms. The molecule has 2 aromatic rings. The number of rotatable bonds is 3. The quantitative estimate of drug-likeness (QED) is 0.687. The van der Waals surface area contributed by atoms with Gasteiger partial charge >= 0.3 is 0 Å². The minimum absolute atomic E-state index is 0.00974. The summed E-state index contributed by atoms with van der Waals surface area (Å²) in [5, 5.41) is 3.15. The third-order valence-electron chi connectivity index (χ3n) is 8.37. The zero-order valence-electron chi connectivity index (χ0n) is 21.7. The highest BCUT2D eigenvalue weighted by atomic mass is 16.5. The Labute approximate surface area is 219 Å². The molecular weight excluding hydrogens is 466 g/mol. The van der Waals surface area contributed by atoms with Gasteiger partial charge in [-0.1, -0.05) is 24.6 Å². The number of piperidine rings is 2. The van der Waals surface area contributed by atoms with Crippen molar-refractivity contribution in [2.75, 3.05) is 39.3 Å². The number of aromatic nitrogens is 2. The lowest BCUT2D eigenvalue weighted by molar-refractivity contribution is -0.138. The maximum absolute atomic E-state index is 13.4. The van der Waals surface area contributed by atoms with Crippen molar-refractivity contribution in [1.82, 2.24) is 25.1 Å². The van der Waals surface area contributed by atoms with E-state index >= 15 is 0 Å². The van der Waals surface area contributed by atoms with E-state index in [1.54, 1.807) is 18.6 Å². The van der Waals surface area contributed by atoms with Gasteiger partial charge in [-0.15, -0.1) is 0 Å². The Balaban J connectivity index is 1.18. The molecule has 1 unspecified atom stereocenters. The molecule has 0 aliphatic carbocycles. The van der Waals surface area contributed by atoms with Crippen molar-refractivity contribution >= 4 is 11.8 Å². The number of benzene rings is 1. The Morgan fingerprint density at radius 3 is 2.76 bits per heavy atom. The fourth-order valence-corrected chi connectivity index (χ4v) is 6.18. The van der Waals surface area contributed by atoms with Gasteiger partial charge in [-0.2, -0.15) is 0 Å². The largest absolute Gasteiger partial charge is 0.491 e. The van der Waals surface area contributed by atoms with Gasteiger partial charge in [-0.05, 0) is 76.1 Å². The van der Waals surface area contributed by atoms with Gasteiger partial charge in [0, 0.05) is 18.9 Å². The average Bonchev–Trinajstić information content (AvgIpc) is 2.94. The number of aryl methyl sites for hydroxylation is 1. The summed E-state index contributed by atoms with van der Waals surface area (Å²) in [6, 6.07) is 8.23. The molecule has 4 heterocycles. The summed E-state index contributed by atoms with van der Waals surface area (Å²) in [4.78, 5) is 39.7. The molecule has 198 valence electrons. The molecule has 3 aliphatic rings. The molecule has 2 amide bonds. The van der Waals surface area contributed by atoms with Crippen molar-refractivity contribution in [2.24, 2.45) is 5.41 Å². The van der Waals surface area contributed by atoms with E-state index in [1.807, 2.05) is 17.0 Å². The summed E-state index contributed by atoms with van der Waals surface area (Å²) >= 11 is 0. The van der Waals surface area contributed by atoms with Gasteiger partial charge in [0.05, 0.1) is 36.4 Å². The minimum Gasteiger partial charge on any atom is -0.491 e. The zero-order valence-corrected chi connectivity index (χ0v) is 21.7. The molecule has 5 rings (SSSR count). The lowest BCUT2D eigenvalue weighted by atomic mass is 9.73. The van der Waals surface area contributed by atoms with Crippen molar-refractivity contribution in [3.8, 4) is 5.75 Å². The van der Waals surface area contributed by atoms with Crippen molar-refractivity contribution in [3.05, 3.63) is 54.1 Å². The van der Waals surface area contributed by atoms with E-state index in [2.05, 4.69) is 32.3 Å². The number of nitrogens with zero attached hydrogens (tertiary/aromatic N) is 4. The van der Waals surface area contributed by atoms with Gasteiger partial charge in [0.25, 0.3) is 0 Å². The minimum atomic E-state index is -0.356. The molecule has 0 bridgehead atoms. The second-order valence-corrected chi connectivity index (χ2v) is 10.7. The first-order valence-electron chi connectivity index (χ1n) is 13.9. The predicted octanol–water partition coefficient (Wildman–Crippen LogP) is 3.53. The number of para-hydroxylation sites is 1. The number of hydrogen-bond acceptors (Lipinski definition) is 6. The molecule has 1 aromatic carbocycles. The lowest BCUT2D eigenvalue weighted by Gasteiger charge is -2.42. The molecule has 1 atom stereocenters. The van der Waals surface area contributed by atoms with E-state index in [9.17, 15) is 9.59 Å². The molecule has 2 saturated heterocycles. The summed E-state index contributed by atoms with van der Waals surface area (Å²) in [5.41, 5.74) is 1.77. The predicted molar refractivity (Wildman–Crippen MR) is 141 cm³/mol. The molecule has 1 spiro atoms. The molecule has 2 fully saturated rings. The second kappa shape index (κ2) is 12.0. The SMILES string of the molecule is O=C(CN1CCC2(CCCCc3ccccc3OCCNC2=O)CC1)N1CCCCC1c1cnccn1. The first kappa shape index (κ1) is 25.6. The number of nitrogens with one attached hydrogen (secondary N) is 1. The van der Waals surface area contributed by atoms with E-state index in [0.29, 0.717) is 19.7 Å². The van der Waals surface area contributed by atoms with Crippen LogP contribution in [0.4, 0.5) is 0 Å². The number of carbonyl (C=O) groups excluding carboxylic acids is 2. The Morgan fingerprint density at radius 2 is 1.92 bits per heavy atom. The Morgan fingerprint density at radius 1 is 1.05 bits per heavy atom. The highest BCUT2D eigenvalue weighted by Crippen LogP contribution is 2.38. The van der Waals surface area contributed by atoms with E-state index in [1.165, 1.54) is 5.56 Å². The molecule has 8 heteroatoms. The van der Waals surface area contributed by atoms with Crippen LogP contribution in [-0.4, -0.2) is 70.9 Å². The third kappa shape index (κ3) is 6.12. The van der Waals surface area contributed by atoms with Crippen LogP contribution in [0.25, 0.3) is 0 Å². The number of fused-ring (bicyclic) bond motifs is 1. The van der Waals surface area contributed by atoms with Crippen LogP contribution in [0.2, 0.25) is 0 Å². The van der Waals surface area contributed by atoms with Crippen LogP contribution in [0.15, 0.2) is 42.9 Å². The second-order valence-electron chi connectivity index (χ2n) is 10.7. The molecular formula is C29H39N5O3. The molecule has 0 radical (unpaired) electrons. The van der Waals surface area contributed by atoms with Crippen LogP contribution < -0.4 is 10.1 Å². The number of ether oxygens (including phenoxy) is 1. The van der Waals surface area contributed by atoms with Crippen molar-refractivity contribution < 1.29 is 14.3 Å². The molecule has 1 N–H and O–H groups in total. The highest BCUT2D eigenvalue weighted by molar-refractivity contribution is 5.83. The molecule has 1 aromatic heterocycles. The molecule has 0 saturated carbocycles. The Bertz CT molecular complexity index is 1050. The van der Waals surface area contributed by atoms with Gasteiger partial charge < -0.3 is 15.0 Å². The highest BCUT2D eigenvalue weighted by Gasteiger charge is 2.41. The van der Waals surface area contributed by atoms with Crippen LogP contribution >= 0.6 is 0 Å².